The zero-order chi connectivity index (χ0) is 19.3. The van der Waals surface area contributed by atoms with Gasteiger partial charge in [0.2, 0.25) is 0 Å². The maximum absolute atomic E-state index is 12.2. The summed E-state index contributed by atoms with van der Waals surface area (Å²) >= 11 is 5.73. The number of nitrogens with one attached hydrogen (secondary N) is 2. The van der Waals surface area contributed by atoms with E-state index in [1.54, 1.807) is 6.07 Å². The predicted octanol–water partition coefficient (Wildman–Crippen LogP) is 4.32. The van der Waals surface area contributed by atoms with Gasteiger partial charge in [0, 0.05) is 23.6 Å². The van der Waals surface area contributed by atoms with Crippen LogP contribution in [0.1, 0.15) is 11.1 Å². The van der Waals surface area contributed by atoms with Crippen LogP contribution in [0, 0.1) is 35.3 Å². The lowest BCUT2D eigenvalue weighted by atomic mass is 10.1. The molecule has 0 heterocycles. The summed E-state index contributed by atoms with van der Waals surface area (Å²) in [5.41, 5.74) is 2.41. The fourth-order valence-electron chi connectivity index (χ4n) is 2.12. The Labute approximate surface area is 155 Å². The van der Waals surface area contributed by atoms with E-state index in [2.05, 4.69) is 10.6 Å². The van der Waals surface area contributed by atoms with E-state index >= 15 is 0 Å². The molecule has 0 saturated heterocycles. The van der Waals surface area contributed by atoms with Crippen molar-refractivity contribution in [1.82, 2.24) is 0 Å². The van der Waals surface area contributed by atoms with E-state index in [1.807, 2.05) is 32.0 Å². The molecule has 8 heteroatoms. The number of nitrogens with zero attached hydrogens (tertiary/aromatic N) is 2. The van der Waals surface area contributed by atoms with Gasteiger partial charge >= 0.3 is 0 Å². The molecule has 0 atom stereocenters. The maximum atomic E-state index is 12.2. The third kappa shape index (κ3) is 4.59. The first-order valence-corrected chi connectivity index (χ1v) is 7.89. The second-order valence-electron chi connectivity index (χ2n) is 5.51. The lowest BCUT2D eigenvalue weighted by Gasteiger charge is -2.08. The highest BCUT2D eigenvalue weighted by atomic mass is 35.5. The molecule has 7 nitrogen and oxygen atoms in total. The third-order valence-corrected chi connectivity index (χ3v) is 3.85. The van der Waals surface area contributed by atoms with Crippen molar-refractivity contribution in [2.45, 2.75) is 13.8 Å². The largest absolute Gasteiger partial charge is 0.360 e. The van der Waals surface area contributed by atoms with Gasteiger partial charge in [-0.2, -0.15) is 5.26 Å². The van der Waals surface area contributed by atoms with E-state index in [0.29, 0.717) is 0 Å². The van der Waals surface area contributed by atoms with Crippen molar-refractivity contribution in [3.63, 3.8) is 0 Å². The first kappa shape index (κ1) is 19.0. The van der Waals surface area contributed by atoms with Crippen molar-refractivity contribution >= 4 is 34.6 Å². The molecule has 0 aliphatic rings. The first-order chi connectivity index (χ1) is 12.3. The zero-order valence-electron chi connectivity index (χ0n) is 14.0. The predicted molar refractivity (Wildman–Crippen MR) is 100.0 cm³/mol. The third-order valence-electron chi connectivity index (χ3n) is 3.53. The summed E-state index contributed by atoms with van der Waals surface area (Å²) in [6.45, 7) is 3.83. The minimum absolute atomic E-state index is 0.0411. The van der Waals surface area contributed by atoms with E-state index in [-0.39, 0.29) is 22.0 Å². The number of hydrogen-bond acceptors (Lipinski definition) is 5. The molecule has 0 aliphatic heterocycles. The van der Waals surface area contributed by atoms with Crippen molar-refractivity contribution in [1.29, 1.82) is 5.26 Å². The van der Waals surface area contributed by atoms with Crippen molar-refractivity contribution in [3.05, 3.63) is 74.4 Å². The Morgan fingerprint density at radius 2 is 2.00 bits per heavy atom. The molecule has 0 fully saturated rings. The van der Waals surface area contributed by atoms with Gasteiger partial charge in [-0.25, -0.2) is 0 Å². The number of anilines is 2. The number of nitriles is 1. The van der Waals surface area contributed by atoms with Crippen LogP contribution in [0.2, 0.25) is 5.02 Å². The molecule has 0 bridgehead atoms. The Hall–Kier alpha value is -3.37. The van der Waals surface area contributed by atoms with E-state index < -0.39 is 10.8 Å². The molecule has 2 aromatic rings. The fraction of sp³-hybridized carbons (Fsp3) is 0.111. The molecule has 0 radical (unpaired) electrons. The van der Waals surface area contributed by atoms with Crippen LogP contribution in [0.5, 0.6) is 0 Å². The normalized spacial score (nSPS) is 10.8. The van der Waals surface area contributed by atoms with Crippen molar-refractivity contribution in [2.75, 3.05) is 10.6 Å². The average molecular weight is 371 g/mol. The molecule has 0 aromatic heterocycles. The van der Waals surface area contributed by atoms with Gasteiger partial charge in [-0.1, -0.05) is 23.7 Å². The van der Waals surface area contributed by atoms with Crippen LogP contribution in [0.15, 0.2) is 48.2 Å². The van der Waals surface area contributed by atoms with Crippen LogP contribution in [0.3, 0.4) is 0 Å². The minimum atomic E-state index is -0.693. The van der Waals surface area contributed by atoms with Crippen LogP contribution in [0.4, 0.5) is 17.1 Å². The summed E-state index contributed by atoms with van der Waals surface area (Å²) in [4.78, 5) is 22.5. The summed E-state index contributed by atoms with van der Waals surface area (Å²) in [6.07, 6.45) is 1.29. The molecule has 2 rings (SSSR count). The molecular formula is C18H15ClN4O3. The van der Waals surface area contributed by atoms with E-state index in [4.69, 9.17) is 11.6 Å². The lowest BCUT2D eigenvalue weighted by molar-refractivity contribution is -0.384. The smallest absolute Gasteiger partial charge is 0.289 e. The van der Waals surface area contributed by atoms with Gasteiger partial charge in [0.05, 0.1) is 4.92 Å². The highest BCUT2D eigenvalue weighted by Crippen LogP contribution is 2.27. The molecular weight excluding hydrogens is 356 g/mol. The van der Waals surface area contributed by atoms with E-state index in [1.165, 1.54) is 18.3 Å². The number of nitro groups is 1. The first-order valence-electron chi connectivity index (χ1n) is 7.51. The van der Waals surface area contributed by atoms with Crippen LogP contribution < -0.4 is 10.6 Å². The average Bonchev–Trinajstić information content (AvgIpc) is 2.59. The van der Waals surface area contributed by atoms with Crippen LogP contribution >= 0.6 is 11.6 Å². The number of halogens is 1. The molecule has 132 valence electrons. The summed E-state index contributed by atoms with van der Waals surface area (Å²) in [5, 5.41) is 25.5. The number of rotatable bonds is 5. The quantitative estimate of drug-likeness (QED) is 0.352. The number of aryl methyl sites for hydroxylation is 2. The summed E-state index contributed by atoms with van der Waals surface area (Å²) in [7, 11) is 0. The number of carbonyl (C=O) groups is 1. The number of hydrogen-bond donors (Lipinski definition) is 2. The highest BCUT2D eigenvalue weighted by Gasteiger charge is 2.15. The Morgan fingerprint density at radius 3 is 2.65 bits per heavy atom. The van der Waals surface area contributed by atoms with Crippen molar-refractivity contribution < 1.29 is 9.72 Å². The van der Waals surface area contributed by atoms with Gasteiger partial charge in [0.15, 0.2) is 0 Å². The van der Waals surface area contributed by atoms with Gasteiger partial charge in [0.1, 0.15) is 16.7 Å². The highest BCUT2D eigenvalue weighted by molar-refractivity contribution is 6.32. The van der Waals surface area contributed by atoms with E-state index in [9.17, 15) is 20.2 Å². The Kier molecular flexibility index (Phi) is 5.94. The van der Waals surface area contributed by atoms with Gasteiger partial charge in [-0.05, 0) is 43.2 Å². The Balaban J connectivity index is 2.19. The number of benzene rings is 2. The van der Waals surface area contributed by atoms with Crippen molar-refractivity contribution in [2.24, 2.45) is 0 Å². The summed E-state index contributed by atoms with van der Waals surface area (Å²) < 4.78 is 0. The Morgan fingerprint density at radius 1 is 1.27 bits per heavy atom. The van der Waals surface area contributed by atoms with Gasteiger partial charge in [-0.15, -0.1) is 0 Å². The molecule has 26 heavy (non-hydrogen) atoms. The van der Waals surface area contributed by atoms with Crippen molar-refractivity contribution in [3.8, 4) is 6.07 Å². The van der Waals surface area contributed by atoms with Crippen LogP contribution in [-0.2, 0) is 4.79 Å². The van der Waals surface area contributed by atoms with Gasteiger partial charge in [-0.3, -0.25) is 14.9 Å². The maximum Gasteiger partial charge on any atom is 0.289 e. The Bertz CT molecular complexity index is 948. The van der Waals surface area contributed by atoms with Gasteiger partial charge < -0.3 is 10.6 Å². The van der Waals surface area contributed by atoms with Gasteiger partial charge in [0.25, 0.3) is 11.6 Å². The summed E-state index contributed by atoms with van der Waals surface area (Å²) in [5.74, 6) is -0.693. The molecule has 2 aromatic carbocycles. The monoisotopic (exact) mass is 370 g/mol. The fourth-order valence-corrected chi connectivity index (χ4v) is 2.31. The number of amides is 1. The molecule has 2 N–H and O–H groups in total. The lowest BCUT2D eigenvalue weighted by Crippen LogP contribution is -2.14. The number of nitro benzene ring substituents is 1. The second-order valence-corrected chi connectivity index (χ2v) is 5.92. The topological polar surface area (TPSA) is 108 Å². The minimum Gasteiger partial charge on any atom is -0.360 e. The molecule has 0 aliphatic carbocycles. The standard InChI is InChI=1S/C18H15ClN4O3/c1-11-3-4-12(2)16(7-11)21-10-13(9-20)18(24)22-14-5-6-15(19)17(8-14)23(25)26/h3-8,10,21H,1-2H3,(H,22,24)/b13-10-. The second kappa shape index (κ2) is 8.14. The molecule has 0 unspecified atom stereocenters. The zero-order valence-corrected chi connectivity index (χ0v) is 14.8. The molecule has 0 spiro atoms. The van der Waals surface area contributed by atoms with Crippen LogP contribution in [0.25, 0.3) is 0 Å². The SMILES string of the molecule is Cc1ccc(C)c(N/C=C(/C#N)C(=O)Nc2ccc(Cl)c([N+](=O)[O-])c2)c1. The molecule has 1 amide bonds. The number of carbonyl (C=O) groups excluding carboxylic acids is 1. The van der Waals surface area contributed by atoms with E-state index in [0.717, 1.165) is 22.9 Å². The van der Waals surface area contributed by atoms with Crippen LogP contribution in [-0.4, -0.2) is 10.8 Å². The summed E-state index contributed by atoms with van der Waals surface area (Å²) in [6, 6.07) is 11.4. The molecule has 0 saturated carbocycles.